The van der Waals surface area contributed by atoms with Gasteiger partial charge in [-0.3, -0.25) is 0 Å². The molecule has 0 saturated heterocycles. The van der Waals surface area contributed by atoms with Crippen LogP contribution >= 0.6 is 0 Å². The van der Waals surface area contributed by atoms with Crippen LogP contribution in [0.25, 0.3) is 88.0 Å². The average Bonchev–Trinajstić information content (AvgIpc) is 3.84. The van der Waals surface area contributed by atoms with Crippen LogP contribution in [-0.4, -0.2) is 0 Å². The van der Waals surface area contributed by atoms with E-state index in [9.17, 15) is 0 Å². The Morgan fingerprint density at radius 3 is 1.60 bits per heavy atom. The van der Waals surface area contributed by atoms with Crippen LogP contribution in [0.1, 0.15) is 0 Å². The monoisotopic (exact) mass is 703 g/mol. The van der Waals surface area contributed by atoms with Crippen molar-refractivity contribution >= 4 is 71.7 Å². The van der Waals surface area contributed by atoms with Gasteiger partial charge in [-0.1, -0.05) is 152 Å². The zero-order chi connectivity index (χ0) is 36.3. The largest absolute Gasteiger partial charge is 0.456 e. The third-order valence-electron chi connectivity index (χ3n) is 10.9. The fourth-order valence-electron chi connectivity index (χ4n) is 8.34. The number of hydrogen-bond acceptors (Lipinski definition) is 3. The molecule has 0 N–H and O–H groups in total. The molecule has 55 heavy (non-hydrogen) atoms. The van der Waals surface area contributed by atoms with Crippen LogP contribution in [-0.2, 0) is 0 Å². The first-order chi connectivity index (χ1) is 27.3. The third-order valence-corrected chi connectivity index (χ3v) is 10.9. The molecule has 258 valence electrons. The van der Waals surface area contributed by atoms with Gasteiger partial charge >= 0.3 is 0 Å². The number of nitrogens with zero attached hydrogens (tertiary/aromatic N) is 1. The maximum Gasteiger partial charge on any atom is 0.143 e. The Hall–Kier alpha value is -7.36. The molecule has 3 heteroatoms. The first-order valence-electron chi connectivity index (χ1n) is 18.7. The van der Waals surface area contributed by atoms with Gasteiger partial charge in [0.25, 0.3) is 0 Å². The van der Waals surface area contributed by atoms with Crippen molar-refractivity contribution < 1.29 is 8.83 Å². The smallest absolute Gasteiger partial charge is 0.143 e. The van der Waals surface area contributed by atoms with Crippen molar-refractivity contribution in [3.05, 3.63) is 200 Å². The van der Waals surface area contributed by atoms with E-state index in [0.717, 1.165) is 72.1 Å². The van der Waals surface area contributed by atoms with Gasteiger partial charge in [0.05, 0.1) is 11.1 Å². The minimum Gasteiger partial charge on any atom is -0.456 e. The van der Waals surface area contributed by atoms with Gasteiger partial charge in [-0.05, 0) is 87.1 Å². The SMILES string of the molecule is c1ccc(-c2ccc(N(c3ccc(-c4cccc5c4oc4cc(-c6ccccc6)c6ccccc6c45)cc3)c3cccc4oc5ccccc5c34)cc2)cc1. The van der Waals surface area contributed by atoms with E-state index in [-0.39, 0.29) is 0 Å². The lowest BCUT2D eigenvalue weighted by atomic mass is 9.94. The normalized spacial score (nSPS) is 11.6. The Morgan fingerprint density at radius 1 is 0.309 bits per heavy atom. The minimum absolute atomic E-state index is 0.862. The second-order valence-corrected chi connectivity index (χ2v) is 14.0. The van der Waals surface area contributed by atoms with Crippen LogP contribution in [0, 0.1) is 0 Å². The van der Waals surface area contributed by atoms with Crippen LogP contribution in [0.3, 0.4) is 0 Å². The Labute approximate surface area is 317 Å². The number of rotatable bonds is 6. The second-order valence-electron chi connectivity index (χ2n) is 14.0. The lowest BCUT2D eigenvalue weighted by Crippen LogP contribution is -2.10. The molecule has 0 saturated carbocycles. The molecule has 0 bridgehead atoms. The molecule has 2 heterocycles. The molecular formula is C52H33NO2. The molecule has 0 aliphatic heterocycles. The van der Waals surface area contributed by atoms with Crippen molar-refractivity contribution in [3.8, 4) is 33.4 Å². The number of benzene rings is 9. The highest BCUT2D eigenvalue weighted by molar-refractivity contribution is 6.23. The van der Waals surface area contributed by atoms with Gasteiger partial charge in [-0.2, -0.15) is 0 Å². The van der Waals surface area contributed by atoms with Gasteiger partial charge in [-0.15, -0.1) is 0 Å². The number of furan rings is 2. The molecule has 11 aromatic rings. The molecule has 2 aromatic heterocycles. The zero-order valence-corrected chi connectivity index (χ0v) is 29.8. The standard InChI is InChI=1S/C52H33NO2/c1-3-13-34(14-4-1)35-25-29-38(30-26-35)53(46-22-12-24-48-51(46)43-19-9-10-23-47(43)54-48)39-31-27-37(28-32-39)40-20-11-21-44-50-42-18-8-7-17-41(42)45(33-49(50)55-52(40)44)36-15-5-2-6-16-36/h1-33H. The molecule has 0 fully saturated rings. The summed E-state index contributed by atoms with van der Waals surface area (Å²) in [6.45, 7) is 0. The van der Waals surface area contributed by atoms with Crippen molar-refractivity contribution in [1.29, 1.82) is 0 Å². The van der Waals surface area contributed by atoms with E-state index >= 15 is 0 Å². The molecule has 0 atom stereocenters. The summed E-state index contributed by atoms with van der Waals surface area (Å²) in [5.74, 6) is 0. The molecule has 11 rings (SSSR count). The topological polar surface area (TPSA) is 29.5 Å². The quantitative estimate of drug-likeness (QED) is 0.173. The van der Waals surface area contributed by atoms with E-state index in [1.165, 1.54) is 33.0 Å². The molecule has 0 unspecified atom stereocenters. The van der Waals surface area contributed by atoms with Gasteiger partial charge in [-0.25, -0.2) is 0 Å². The summed E-state index contributed by atoms with van der Waals surface area (Å²) >= 11 is 0. The molecule has 0 aliphatic carbocycles. The highest BCUT2D eigenvalue weighted by atomic mass is 16.3. The summed E-state index contributed by atoms with van der Waals surface area (Å²) in [6.07, 6.45) is 0. The zero-order valence-electron chi connectivity index (χ0n) is 29.8. The van der Waals surface area contributed by atoms with Crippen LogP contribution in [0.5, 0.6) is 0 Å². The van der Waals surface area contributed by atoms with E-state index in [1.807, 2.05) is 12.1 Å². The van der Waals surface area contributed by atoms with Crippen LogP contribution in [0.2, 0.25) is 0 Å². The minimum atomic E-state index is 0.862. The van der Waals surface area contributed by atoms with E-state index in [0.29, 0.717) is 0 Å². The lowest BCUT2D eigenvalue weighted by molar-refractivity contribution is 0.669. The second kappa shape index (κ2) is 12.6. The summed E-state index contributed by atoms with van der Waals surface area (Å²) in [6, 6.07) is 70.7. The molecule has 0 aliphatic rings. The van der Waals surface area contributed by atoms with Crippen molar-refractivity contribution in [2.45, 2.75) is 0 Å². The molecular weight excluding hydrogens is 671 g/mol. The fourth-order valence-corrected chi connectivity index (χ4v) is 8.34. The maximum atomic E-state index is 6.83. The van der Waals surface area contributed by atoms with Crippen molar-refractivity contribution in [2.24, 2.45) is 0 Å². The molecule has 0 amide bonds. The first kappa shape index (κ1) is 31.2. The molecule has 3 nitrogen and oxygen atoms in total. The van der Waals surface area contributed by atoms with Gasteiger partial charge < -0.3 is 13.7 Å². The van der Waals surface area contributed by atoms with Gasteiger partial charge in [0.15, 0.2) is 0 Å². The van der Waals surface area contributed by atoms with Crippen LogP contribution < -0.4 is 4.90 Å². The van der Waals surface area contributed by atoms with Gasteiger partial charge in [0, 0.05) is 33.1 Å². The average molecular weight is 704 g/mol. The summed E-state index contributed by atoms with van der Waals surface area (Å²) in [4.78, 5) is 2.34. The summed E-state index contributed by atoms with van der Waals surface area (Å²) < 4.78 is 13.2. The predicted octanol–water partition coefficient (Wildman–Crippen LogP) is 15.1. The highest BCUT2D eigenvalue weighted by Crippen LogP contribution is 2.45. The summed E-state index contributed by atoms with van der Waals surface area (Å²) in [5, 5.41) is 6.86. The number of para-hydroxylation sites is 2. The predicted molar refractivity (Wildman–Crippen MR) is 229 cm³/mol. The number of fused-ring (bicyclic) bond motifs is 8. The van der Waals surface area contributed by atoms with Crippen molar-refractivity contribution in [3.63, 3.8) is 0 Å². The van der Waals surface area contributed by atoms with Gasteiger partial charge in [0.1, 0.15) is 22.3 Å². The van der Waals surface area contributed by atoms with Crippen molar-refractivity contribution in [2.75, 3.05) is 4.90 Å². The van der Waals surface area contributed by atoms with E-state index in [4.69, 9.17) is 8.83 Å². The maximum absolute atomic E-state index is 6.83. The molecule has 9 aromatic carbocycles. The van der Waals surface area contributed by atoms with E-state index < -0.39 is 0 Å². The Kier molecular flexibility index (Phi) is 7.17. The summed E-state index contributed by atoms with van der Waals surface area (Å²) in [7, 11) is 0. The number of anilines is 3. The lowest BCUT2D eigenvalue weighted by Gasteiger charge is -2.26. The van der Waals surface area contributed by atoms with Gasteiger partial charge in [0.2, 0.25) is 0 Å². The highest BCUT2D eigenvalue weighted by Gasteiger charge is 2.21. The van der Waals surface area contributed by atoms with Crippen LogP contribution in [0.15, 0.2) is 209 Å². The van der Waals surface area contributed by atoms with E-state index in [1.54, 1.807) is 0 Å². The third kappa shape index (κ3) is 5.13. The Bertz CT molecular complexity index is 3180. The Morgan fingerprint density at radius 2 is 0.855 bits per heavy atom. The van der Waals surface area contributed by atoms with Crippen LogP contribution in [0.4, 0.5) is 17.1 Å². The Balaban J connectivity index is 1.06. The molecule has 0 radical (unpaired) electrons. The summed E-state index contributed by atoms with van der Waals surface area (Å²) in [5.41, 5.74) is 13.6. The van der Waals surface area contributed by atoms with Crippen molar-refractivity contribution in [1.82, 2.24) is 0 Å². The number of hydrogen-bond donors (Lipinski definition) is 0. The van der Waals surface area contributed by atoms with E-state index in [2.05, 4.69) is 193 Å². The molecule has 0 spiro atoms. The first-order valence-corrected chi connectivity index (χ1v) is 18.7. The fraction of sp³-hybridized carbons (Fsp3) is 0.